The molecule has 0 unspecified atom stereocenters. The quantitative estimate of drug-likeness (QED) is 0.785. The molecule has 1 heterocycles. The van der Waals surface area contributed by atoms with Gasteiger partial charge in [-0.25, -0.2) is 8.42 Å². The van der Waals surface area contributed by atoms with Gasteiger partial charge in [0.05, 0.1) is 4.90 Å². The van der Waals surface area contributed by atoms with Crippen LogP contribution in [0, 0.1) is 12.3 Å². The van der Waals surface area contributed by atoms with Crippen molar-refractivity contribution in [1.82, 2.24) is 4.31 Å². The molecule has 1 aromatic carbocycles. The first-order valence-electron chi connectivity index (χ1n) is 7.04. The Bertz CT molecular complexity index is 662. The molecule has 0 aromatic heterocycles. The third-order valence-corrected chi connectivity index (χ3v) is 7.18. The molecule has 0 N–H and O–H groups in total. The summed E-state index contributed by atoms with van der Waals surface area (Å²) < 4.78 is 27.3. The molecule has 1 saturated heterocycles. The summed E-state index contributed by atoms with van der Waals surface area (Å²) in [6.07, 6.45) is 6.05. The number of hydrogen-bond acceptors (Lipinski definition) is 2. The largest absolute Gasteiger partial charge is 0.243 e. The Hall–Kier alpha value is -1.13. The van der Waals surface area contributed by atoms with E-state index in [1.807, 2.05) is 19.1 Å². The van der Waals surface area contributed by atoms with Gasteiger partial charge in [-0.2, -0.15) is 4.31 Å². The van der Waals surface area contributed by atoms with Crippen LogP contribution < -0.4 is 0 Å². The predicted molar refractivity (Wildman–Crippen MR) is 80.0 cm³/mol. The second-order valence-corrected chi connectivity index (χ2v) is 8.40. The van der Waals surface area contributed by atoms with E-state index in [0.717, 1.165) is 18.4 Å². The van der Waals surface area contributed by atoms with Crippen LogP contribution in [0.3, 0.4) is 0 Å². The van der Waals surface area contributed by atoms with Crippen molar-refractivity contribution in [2.75, 3.05) is 6.54 Å². The van der Waals surface area contributed by atoms with Crippen LogP contribution in [0.4, 0.5) is 0 Å². The Labute approximate surface area is 121 Å². The summed E-state index contributed by atoms with van der Waals surface area (Å²) in [5, 5.41) is 0. The molecular formula is C16H21NO2S. The normalized spacial score (nSPS) is 33.5. The van der Waals surface area contributed by atoms with Crippen molar-refractivity contribution in [2.45, 2.75) is 44.0 Å². The molecule has 2 aliphatic rings. The highest BCUT2D eigenvalue weighted by Gasteiger charge is 2.62. The van der Waals surface area contributed by atoms with Crippen molar-refractivity contribution in [2.24, 2.45) is 5.41 Å². The maximum absolute atomic E-state index is 12.8. The van der Waals surface area contributed by atoms with Crippen molar-refractivity contribution >= 4 is 10.0 Å². The fourth-order valence-electron chi connectivity index (χ4n) is 3.35. The summed E-state index contributed by atoms with van der Waals surface area (Å²) in [4.78, 5) is 0.404. The van der Waals surface area contributed by atoms with E-state index in [0.29, 0.717) is 11.4 Å². The summed E-state index contributed by atoms with van der Waals surface area (Å²) in [6.45, 7) is 6.85. The van der Waals surface area contributed by atoms with Crippen LogP contribution in [-0.2, 0) is 10.0 Å². The van der Waals surface area contributed by atoms with Crippen LogP contribution in [0.15, 0.2) is 41.3 Å². The van der Waals surface area contributed by atoms with E-state index < -0.39 is 10.0 Å². The summed E-state index contributed by atoms with van der Waals surface area (Å²) in [5.41, 5.74) is 0.856. The van der Waals surface area contributed by atoms with Crippen molar-refractivity contribution in [1.29, 1.82) is 0 Å². The van der Waals surface area contributed by atoms with Gasteiger partial charge in [0.15, 0.2) is 0 Å². The minimum absolute atomic E-state index is 0.0690. The zero-order chi connectivity index (χ0) is 14.6. The van der Waals surface area contributed by atoms with E-state index in [9.17, 15) is 8.42 Å². The summed E-state index contributed by atoms with van der Waals surface area (Å²) in [6, 6.07) is 7.13. The molecule has 0 radical (unpaired) electrons. The number of aryl methyl sites for hydroxylation is 1. The first kappa shape index (κ1) is 13.8. The average Bonchev–Trinajstić information content (AvgIpc) is 2.39. The number of hydrogen-bond donors (Lipinski definition) is 0. The monoisotopic (exact) mass is 291 g/mol. The molecule has 1 aliphatic heterocycles. The number of nitrogens with zero attached hydrogens (tertiary/aromatic N) is 1. The molecule has 1 aromatic rings. The van der Waals surface area contributed by atoms with Crippen LogP contribution in [-0.4, -0.2) is 24.8 Å². The average molecular weight is 291 g/mol. The van der Waals surface area contributed by atoms with Gasteiger partial charge < -0.3 is 0 Å². The van der Waals surface area contributed by atoms with Crippen LogP contribution in [0.1, 0.15) is 32.3 Å². The van der Waals surface area contributed by atoms with E-state index in [1.54, 1.807) is 16.4 Å². The zero-order valence-corrected chi connectivity index (χ0v) is 13.1. The molecule has 1 aliphatic carbocycles. The second kappa shape index (κ2) is 4.18. The molecule has 0 spiro atoms. The van der Waals surface area contributed by atoms with Gasteiger partial charge >= 0.3 is 0 Å². The molecule has 2 atom stereocenters. The van der Waals surface area contributed by atoms with Crippen molar-refractivity contribution in [3.63, 3.8) is 0 Å². The van der Waals surface area contributed by atoms with E-state index in [1.165, 1.54) is 0 Å². The maximum Gasteiger partial charge on any atom is 0.243 e. The smallest absolute Gasteiger partial charge is 0.207 e. The molecule has 0 amide bonds. The topological polar surface area (TPSA) is 37.4 Å². The van der Waals surface area contributed by atoms with Gasteiger partial charge in [-0.1, -0.05) is 36.8 Å². The number of allylic oxidation sites excluding steroid dienone is 1. The lowest BCUT2D eigenvalue weighted by Gasteiger charge is -2.64. The van der Waals surface area contributed by atoms with Crippen molar-refractivity contribution in [3.05, 3.63) is 42.0 Å². The molecule has 1 fully saturated rings. The van der Waals surface area contributed by atoms with E-state index in [-0.39, 0.29) is 11.0 Å². The van der Waals surface area contributed by atoms with Gasteiger partial charge in [-0.15, -0.1) is 0 Å². The molecule has 20 heavy (non-hydrogen) atoms. The van der Waals surface area contributed by atoms with E-state index >= 15 is 0 Å². The summed E-state index contributed by atoms with van der Waals surface area (Å²) in [7, 11) is -3.39. The van der Waals surface area contributed by atoms with E-state index in [4.69, 9.17) is 0 Å². The molecule has 0 saturated carbocycles. The lowest BCUT2D eigenvalue weighted by molar-refractivity contribution is -0.0807. The van der Waals surface area contributed by atoms with Crippen LogP contribution in [0.2, 0.25) is 0 Å². The number of benzene rings is 1. The van der Waals surface area contributed by atoms with Crippen LogP contribution >= 0.6 is 0 Å². The van der Waals surface area contributed by atoms with Gasteiger partial charge in [-0.05, 0) is 38.8 Å². The number of fused-ring (bicyclic) bond motifs is 1. The summed E-state index contributed by atoms with van der Waals surface area (Å²) in [5.74, 6) is 0. The molecule has 108 valence electrons. The lowest BCUT2D eigenvalue weighted by Crippen LogP contribution is -2.73. The van der Waals surface area contributed by atoms with E-state index in [2.05, 4.69) is 26.0 Å². The second-order valence-electron chi connectivity index (χ2n) is 6.54. The highest BCUT2D eigenvalue weighted by molar-refractivity contribution is 7.89. The van der Waals surface area contributed by atoms with Gasteiger partial charge in [0.25, 0.3) is 0 Å². The van der Waals surface area contributed by atoms with Gasteiger partial charge in [-0.3, -0.25) is 0 Å². The minimum atomic E-state index is -3.39. The standard InChI is InChI=1S/C16H21NO2S/c1-13-6-8-14(9-7-13)20(18,19)17-12-15(2)10-4-5-11-16(15,17)3/h4-9H,10-12H2,1-3H3/t15-,16+/m1/s1. The zero-order valence-electron chi connectivity index (χ0n) is 12.3. The Balaban J connectivity index is 1.98. The Kier molecular flexibility index (Phi) is 2.89. The predicted octanol–water partition coefficient (Wildman–Crippen LogP) is 3.11. The van der Waals surface area contributed by atoms with Crippen LogP contribution in [0.25, 0.3) is 0 Å². The Morgan fingerprint density at radius 2 is 1.65 bits per heavy atom. The van der Waals surface area contributed by atoms with Crippen LogP contribution in [0.5, 0.6) is 0 Å². The molecule has 0 bridgehead atoms. The van der Waals surface area contributed by atoms with Crippen molar-refractivity contribution < 1.29 is 8.42 Å². The third kappa shape index (κ3) is 1.71. The van der Waals surface area contributed by atoms with Crippen molar-refractivity contribution in [3.8, 4) is 0 Å². The lowest BCUT2D eigenvalue weighted by atomic mass is 9.59. The molecular weight excluding hydrogens is 270 g/mol. The Morgan fingerprint density at radius 3 is 2.25 bits per heavy atom. The van der Waals surface area contributed by atoms with Gasteiger partial charge in [0, 0.05) is 17.5 Å². The number of sulfonamides is 1. The third-order valence-electron chi connectivity index (χ3n) is 5.20. The summed E-state index contributed by atoms with van der Waals surface area (Å²) >= 11 is 0. The molecule has 3 nitrogen and oxygen atoms in total. The SMILES string of the molecule is Cc1ccc(S(=O)(=O)N2C[C@@]3(C)CC=CC[C@]23C)cc1. The number of rotatable bonds is 2. The highest BCUT2D eigenvalue weighted by atomic mass is 32.2. The molecule has 3 rings (SSSR count). The maximum atomic E-state index is 12.8. The first-order chi connectivity index (χ1) is 9.30. The fraction of sp³-hybridized carbons (Fsp3) is 0.500. The molecule has 4 heteroatoms. The highest BCUT2D eigenvalue weighted by Crippen LogP contribution is 2.55. The van der Waals surface area contributed by atoms with Gasteiger partial charge in [0.2, 0.25) is 10.0 Å². The van der Waals surface area contributed by atoms with Gasteiger partial charge in [0.1, 0.15) is 0 Å². The fourth-order valence-corrected chi connectivity index (χ4v) is 5.36. The first-order valence-corrected chi connectivity index (χ1v) is 8.48. The minimum Gasteiger partial charge on any atom is -0.207 e. The Morgan fingerprint density at radius 1 is 1.05 bits per heavy atom.